The normalized spacial score (nSPS) is 21.7. The highest BCUT2D eigenvalue weighted by atomic mass is 14.9. The molecule has 0 amide bonds. The van der Waals surface area contributed by atoms with Crippen molar-refractivity contribution in [2.24, 2.45) is 4.99 Å². The fourth-order valence-electron chi connectivity index (χ4n) is 2.36. The Morgan fingerprint density at radius 1 is 1.17 bits per heavy atom. The molecule has 0 aromatic heterocycles. The van der Waals surface area contributed by atoms with Crippen LogP contribution in [0.25, 0.3) is 0 Å². The van der Waals surface area contributed by atoms with Gasteiger partial charge in [-0.2, -0.15) is 0 Å². The van der Waals surface area contributed by atoms with E-state index in [4.69, 9.17) is 4.99 Å². The number of hydrogen-bond acceptors (Lipinski definition) is 2. The van der Waals surface area contributed by atoms with E-state index in [0.717, 1.165) is 17.1 Å². The van der Waals surface area contributed by atoms with Crippen LogP contribution in [0.2, 0.25) is 0 Å². The molecule has 1 aromatic rings. The molecule has 1 aromatic carbocycles. The quantitative estimate of drug-likeness (QED) is 0.791. The predicted octanol–water partition coefficient (Wildman–Crippen LogP) is 3.61. The van der Waals surface area contributed by atoms with Crippen molar-refractivity contribution in [2.45, 2.75) is 19.3 Å². The van der Waals surface area contributed by atoms with Crippen LogP contribution < -0.4 is 5.32 Å². The molecular formula is C16H16N2. The fraction of sp³-hybridized carbons (Fsp3) is 0.188. The summed E-state index contributed by atoms with van der Waals surface area (Å²) in [5.74, 6) is 0. The molecule has 90 valence electrons. The van der Waals surface area contributed by atoms with E-state index in [2.05, 4.69) is 49.5 Å². The molecule has 0 bridgehead atoms. The summed E-state index contributed by atoms with van der Waals surface area (Å²) in [6.07, 6.45) is 10.1. The van der Waals surface area contributed by atoms with Gasteiger partial charge in [0.2, 0.25) is 0 Å². The average Bonchev–Trinajstić information content (AvgIpc) is 2.63. The maximum absolute atomic E-state index is 4.74. The lowest BCUT2D eigenvalue weighted by atomic mass is 9.81. The Hall–Kier alpha value is -2.09. The lowest BCUT2D eigenvalue weighted by Crippen LogP contribution is -2.25. The summed E-state index contributed by atoms with van der Waals surface area (Å²) in [4.78, 5) is 4.74. The topological polar surface area (TPSA) is 24.4 Å². The van der Waals surface area contributed by atoms with Gasteiger partial charge in [-0.15, -0.1) is 0 Å². The van der Waals surface area contributed by atoms with Crippen LogP contribution in [-0.2, 0) is 5.41 Å². The van der Waals surface area contributed by atoms with E-state index in [1.165, 1.54) is 5.56 Å². The Morgan fingerprint density at radius 2 is 2.00 bits per heavy atom. The number of nitrogens with one attached hydrogen (secondary N) is 1. The van der Waals surface area contributed by atoms with Crippen LogP contribution in [0.5, 0.6) is 0 Å². The summed E-state index contributed by atoms with van der Waals surface area (Å²) in [5.41, 5.74) is 4.54. The summed E-state index contributed by atoms with van der Waals surface area (Å²) in [7, 11) is 0. The van der Waals surface area contributed by atoms with Gasteiger partial charge in [0.15, 0.2) is 0 Å². The third kappa shape index (κ3) is 1.70. The average molecular weight is 236 g/mol. The summed E-state index contributed by atoms with van der Waals surface area (Å²) >= 11 is 0. The van der Waals surface area contributed by atoms with E-state index < -0.39 is 0 Å². The largest absolute Gasteiger partial charge is 0.362 e. The Kier molecular flexibility index (Phi) is 2.44. The van der Waals surface area contributed by atoms with Crippen molar-refractivity contribution in [3.63, 3.8) is 0 Å². The lowest BCUT2D eigenvalue weighted by molar-refractivity contribution is 0.739. The number of allylic oxidation sites excluding steroid dienone is 4. The first-order chi connectivity index (χ1) is 8.68. The van der Waals surface area contributed by atoms with Crippen molar-refractivity contribution < 1.29 is 0 Å². The standard InChI is InChI=1S/C16H16N2/c1-16(2)13-8-3-4-9-14(13)18-15(16)11-12-7-5-6-10-17-12/h3-11,17H,1-2H3/b12-11-. The predicted molar refractivity (Wildman–Crippen MR) is 76.1 cm³/mol. The number of nitrogens with zero attached hydrogens (tertiary/aromatic N) is 1. The van der Waals surface area contributed by atoms with Crippen LogP contribution in [-0.4, -0.2) is 5.71 Å². The number of rotatable bonds is 1. The highest BCUT2D eigenvalue weighted by molar-refractivity contribution is 6.08. The molecule has 1 N–H and O–H groups in total. The Bertz CT molecular complexity index is 601. The number of hydrogen-bond donors (Lipinski definition) is 1. The first-order valence-electron chi connectivity index (χ1n) is 6.18. The summed E-state index contributed by atoms with van der Waals surface area (Å²) in [6, 6.07) is 8.35. The maximum atomic E-state index is 4.74. The summed E-state index contributed by atoms with van der Waals surface area (Å²) in [6.45, 7) is 4.44. The molecular weight excluding hydrogens is 220 g/mol. The van der Waals surface area contributed by atoms with Crippen LogP contribution in [0.15, 0.2) is 65.5 Å². The van der Waals surface area contributed by atoms with Gasteiger partial charge in [0, 0.05) is 17.3 Å². The van der Waals surface area contributed by atoms with Crippen molar-refractivity contribution in [1.29, 1.82) is 0 Å². The van der Waals surface area contributed by atoms with Gasteiger partial charge < -0.3 is 5.32 Å². The number of benzene rings is 1. The molecule has 0 unspecified atom stereocenters. The molecule has 2 heterocycles. The van der Waals surface area contributed by atoms with Crippen LogP contribution in [0.3, 0.4) is 0 Å². The SMILES string of the molecule is CC1(C)C(/C=C2/C=CC=CN2)=Nc2ccccc21. The first-order valence-corrected chi connectivity index (χ1v) is 6.18. The zero-order valence-electron chi connectivity index (χ0n) is 10.6. The van der Waals surface area contributed by atoms with E-state index >= 15 is 0 Å². The minimum atomic E-state index is -0.0275. The van der Waals surface area contributed by atoms with Crippen molar-refractivity contribution >= 4 is 11.4 Å². The lowest BCUT2D eigenvalue weighted by Gasteiger charge is -2.21. The smallest absolute Gasteiger partial charge is 0.0674 e. The van der Waals surface area contributed by atoms with E-state index in [1.807, 2.05) is 24.4 Å². The van der Waals surface area contributed by atoms with Crippen LogP contribution >= 0.6 is 0 Å². The molecule has 3 rings (SSSR count). The van der Waals surface area contributed by atoms with Gasteiger partial charge in [0.1, 0.15) is 0 Å². The summed E-state index contributed by atoms with van der Waals surface area (Å²) < 4.78 is 0. The molecule has 0 atom stereocenters. The minimum absolute atomic E-state index is 0.0275. The van der Waals surface area contributed by atoms with Gasteiger partial charge in [-0.05, 0) is 29.9 Å². The highest BCUT2D eigenvalue weighted by Gasteiger charge is 2.33. The van der Waals surface area contributed by atoms with E-state index in [0.29, 0.717) is 0 Å². The van der Waals surface area contributed by atoms with Crippen molar-refractivity contribution in [1.82, 2.24) is 5.32 Å². The molecule has 18 heavy (non-hydrogen) atoms. The van der Waals surface area contributed by atoms with Gasteiger partial charge in [0.25, 0.3) is 0 Å². The zero-order chi connectivity index (χ0) is 12.6. The molecule has 2 aliphatic heterocycles. The van der Waals surface area contributed by atoms with Crippen molar-refractivity contribution in [3.05, 3.63) is 66.0 Å². The molecule has 0 fully saturated rings. The van der Waals surface area contributed by atoms with Crippen LogP contribution in [0.4, 0.5) is 5.69 Å². The molecule has 0 radical (unpaired) electrons. The second-order valence-corrected chi connectivity index (χ2v) is 5.10. The Labute approximate surface area is 107 Å². The molecule has 2 aliphatic rings. The van der Waals surface area contributed by atoms with Crippen molar-refractivity contribution in [3.8, 4) is 0 Å². The van der Waals surface area contributed by atoms with Gasteiger partial charge in [-0.1, -0.05) is 38.1 Å². The molecule has 0 saturated heterocycles. The molecule has 0 aliphatic carbocycles. The fourth-order valence-corrected chi connectivity index (χ4v) is 2.36. The highest BCUT2D eigenvalue weighted by Crippen LogP contribution is 2.40. The van der Waals surface area contributed by atoms with Gasteiger partial charge in [-0.3, -0.25) is 4.99 Å². The Balaban J connectivity index is 2.01. The zero-order valence-corrected chi connectivity index (χ0v) is 10.6. The third-order valence-electron chi connectivity index (χ3n) is 3.48. The second-order valence-electron chi connectivity index (χ2n) is 5.10. The maximum Gasteiger partial charge on any atom is 0.0674 e. The van der Waals surface area contributed by atoms with Gasteiger partial charge in [0.05, 0.1) is 11.4 Å². The van der Waals surface area contributed by atoms with Gasteiger partial charge >= 0.3 is 0 Å². The number of para-hydroxylation sites is 1. The molecule has 2 heteroatoms. The Morgan fingerprint density at radius 3 is 2.72 bits per heavy atom. The van der Waals surface area contributed by atoms with Crippen LogP contribution in [0.1, 0.15) is 19.4 Å². The van der Waals surface area contributed by atoms with Crippen molar-refractivity contribution in [2.75, 3.05) is 0 Å². The third-order valence-corrected chi connectivity index (χ3v) is 3.48. The second kappa shape index (κ2) is 3.98. The number of dihydropyridines is 1. The molecule has 2 nitrogen and oxygen atoms in total. The number of fused-ring (bicyclic) bond motifs is 1. The van der Waals surface area contributed by atoms with Gasteiger partial charge in [-0.25, -0.2) is 0 Å². The van der Waals surface area contributed by atoms with E-state index in [9.17, 15) is 0 Å². The van der Waals surface area contributed by atoms with Crippen LogP contribution in [0, 0.1) is 0 Å². The summed E-state index contributed by atoms with van der Waals surface area (Å²) in [5, 5.41) is 3.22. The van der Waals surface area contributed by atoms with E-state index in [-0.39, 0.29) is 5.41 Å². The molecule has 0 saturated carbocycles. The van der Waals surface area contributed by atoms with E-state index in [1.54, 1.807) is 0 Å². The number of aliphatic imine (C=N–C) groups is 1. The first kappa shape index (κ1) is 11.0. The molecule has 0 spiro atoms. The minimum Gasteiger partial charge on any atom is -0.362 e. The monoisotopic (exact) mass is 236 g/mol.